The van der Waals surface area contributed by atoms with Crippen LogP contribution >= 0.6 is 11.8 Å². The lowest BCUT2D eigenvalue weighted by Gasteiger charge is -2.34. The van der Waals surface area contributed by atoms with Gasteiger partial charge in [-0.2, -0.15) is 0 Å². The SMILES string of the molecule is Cc1ccc(SCCCN2CCN(CCCn3cnc4c3c(=O)n(C)c(=O)n4C)CC2)cc1. The van der Waals surface area contributed by atoms with Crippen LogP contribution in [0.15, 0.2) is 45.1 Å². The molecule has 0 radical (unpaired) electrons. The molecule has 33 heavy (non-hydrogen) atoms. The number of hydrogen-bond acceptors (Lipinski definition) is 6. The Balaban J connectivity index is 1.18. The fourth-order valence-electron chi connectivity index (χ4n) is 4.38. The second kappa shape index (κ2) is 10.7. The second-order valence-corrected chi connectivity index (χ2v) is 10.0. The number of nitrogens with zero attached hydrogens (tertiary/aromatic N) is 6. The lowest BCUT2D eigenvalue weighted by molar-refractivity contribution is 0.131. The summed E-state index contributed by atoms with van der Waals surface area (Å²) in [6, 6.07) is 8.78. The van der Waals surface area contributed by atoms with Crippen LogP contribution in [0, 0.1) is 6.92 Å². The molecule has 0 amide bonds. The number of imidazole rings is 1. The standard InChI is InChI=1S/C24H34N6O2S/c1-19-6-8-20(9-7-19)33-17-5-11-29-15-13-28(14-16-29)10-4-12-30-18-25-22-21(30)23(31)27(3)24(32)26(22)2/h6-9,18H,4-5,10-17H2,1-3H3. The summed E-state index contributed by atoms with van der Waals surface area (Å²) in [5.74, 6) is 1.16. The molecule has 4 rings (SSSR count). The Hall–Kier alpha value is -2.36. The van der Waals surface area contributed by atoms with Gasteiger partial charge in [0.2, 0.25) is 0 Å². The molecule has 0 unspecified atom stereocenters. The lowest BCUT2D eigenvalue weighted by atomic mass is 10.2. The van der Waals surface area contributed by atoms with Crippen molar-refractivity contribution >= 4 is 22.9 Å². The number of fused-ring (bicyclic) bond motifs is 1. The predicted octanol–water partition coefficient (Wildman–Crippen LogP) is 1.93. The van der Waals surface area contributed by atoms with Crippen molar-refractivity contribution in [3.8, 4) is 0 Å². The lowest BCUT2D eigenvalue weighted by Crippen LogP contribution is -2.46. The van der Waals surface area contributed by atoms with E-state index in [2.05, 4.69) is 46.0 Å². The number of rotatable bonds is 9. The normalized spacial score (nSPS) is 15.5. The Kier molecular flexibility index (Phi) is 7.72. The maximum absolute atomic E-state index is 12.6. The summed E-state index contributed by atoms with van der Waals surface area (Å²) in [6.45, 7) is 9.43. The van der Waals surface area contributed by atoms with E-state index in [0.29, 0.717) is 11.2 Å². The van der Waals surface area contributed by atoms with Gasteiger partial charge in [-0.1, -0.05) is 17.7 Å². The van der Waals surface area contributed by atoms with E-state index in [1.165, 1.54) is 28.5 Å². The molecule has 0 atom stereocenters. The van der Waals surface area contributed by atoms with Gasteiger partial charge in [-0.15, -0.1) is 11.8 Å². The minimum atomic E-state index is -0.343. The van der Waals surface area contributed by atoms with E-state index in [1.807, 2.05) is 16.3 Å². The van der Waals surface area contributed by atoms with Crippen molar-refractivity contribution in [3.63, 3.8) is 0 Å². The van der Waals surface area contributed by atoms with Crippen LogP contribution in [0.25, 0.3) is 11.2 Å². The van der Waals surface area contributed by atoms with Gasteiger partial charge < -0.3 is 14.4 Å². The first-order valence-electron chi connectivity index (χ1n) is 11.7. The highest BCUT2D eigenvalue weighted by Gasteiger charge is 2.17. The van der Waals surface area contributed by atoms with Crippen LogP contribution < -0.4 is 11.2 Å². The molecule has 3 aromatic rings. The first-order valence-corrected chi connectivity index (χ1v) is 12.7. The number of piperazine rings is 1. The molecule has 1 aliphatic rings. The van der Waals surface area contributed by atoms with Gasteiger partial charge in [0.15, 0.2) is 11.2 Å². The smallest absolute Gasteiger partial charge is 0.325 e. The van der Waals surface area contributed by atoms with Crippen molar-refractivity contribution in [1.82, 2.24) is 28.5 Å². The van der Waals surface area contributed by atoms with Crippen molar-refractivity contribution < 1.29 is 0 Å². The van der Waals surface area contributed by atoms with E-state index in [1.54, 1.807) is 13.4 Å². The highest BCUT2D eigenvalue weighted by atomic mass is 32.2. The van der Waals surface area contributed by atoms with Crippen LogP contribution in [-0.2, 0) is 20.6 Å². The molecule has 2 aromatic heterocycles. The van der Waals surface area contributed by atoms with Crippen LogP contribution in [0.2, 0.25) is 0 Å². The summed E-state index contributed by atoms with van der Waals surface area (Å²) in [4.78, 5) is 35.4. The van der Waals surface area contributed by atoms with Crippen LogP contribution in [0.4, 0.5) is 0 Å². The summed E-state index contributed by atoms with van der Waals surface area (Å²) in [5, 5.41) is 0. The van der Waals surface area contributed by atoms with E-state index in [4.69, 9.17) is 0 Å². The van der Waals surface area contributed by atoms with Crippen molar-refractivity contribution in [2.75, 3.05) is 45.0 Å². The van der Waals surface area contributed by atoms with Gasteiger partial charge in [0, 0.05) is 51.7 Å². The molecule has 3 heterocycles. The van der Waals surface area contributed by atoms with Gasteiger partial charge in [-0.3, -0.25) is 13.9 Å². The van der Waals surface area contributed by atoms with E-state index >= 15 is 0 Å². The van der Waals surface area contributed by atoms with Crippen LogP contribution in [0.3, 0.4) is 0 Å². The fraction of sp³-hybridized carbons (Fsp3) is 0.542. The monoisotopic (exact) mass is 470 g/mol. The molecule has 1 fully saturated rings. The molecule has 0 bridgehead atoms. The average molecular weight is 471 g/mol. The number of benzene rings is 1. The van der Waals surface area contributed by atoms with Gasteiger partial charge in [0.25, 0.3) is 5.56 Å². The Morgan fingerprint density at radius 2 is 1.52 bits per heavy atom. The molecule has 0 spiro atoms. The molecule has 9 heteroatoms. The molecule has 1 saturated heterocycles. The van der Waals surface area contributed by atoms with E-state index in [9.17, 15) is 9.59 Å². The summed E-state index contributed by atoms with van der Waals surface area (Å²) in [7, 11) is 3.17. The molecular weight excluding hydrogens is 436 g/mol. The molecular formula is C24H34N6O2S. The van der Waals surface area contributed by atoms with Crippen molar-refractivity contribution in [1.29, 1.82) is 0 Å². The Labute approximate surface area is 198 Å². The van der Waals surface area contributed by atoms with Gasteiger partial charge in [0.05, 0.1) is 6.33 Å². The zero-order valence-electron chi connectivity index (χ0n) is 19.9. The molecule has 0 aliphatic carbocycles. The number of hydrogen-bond donors (Lipinski definition) is 0. The van der Waals surface area contributed by atoms with Gasteiger partial charge in [0.1, 0.15) is 0 Å². The van der Waals surface area contributed by atoms with Gasteiger partial charge >= 0.3 is 5.69 Å². The Morgan fingerprint density at radius 3 is 2.18 bits per heavy atom. The molecule has 1 aromatic carbocycles. The largest absolute Gasteiger partial charge is 0.332 e. The maximum Gasteiger partial charge on any atom is 0.332 e. The third-order valence-electron chi connectivity index (χ3n) is 6.46. The highest BCUT2D eigenvalue weighted by molar-refractivity contribution is 7.99. The van der Waals surface area contributed by atoms with Gasteiger partial charge in [-0.05, 0) is 50.7 Å². The summed E-state index contributed by atoms with van der Waals surface area (Å²) in [6.07, 6.45) is 3.84. The number of aromatic nitrogens is 4. The van der Waals surface area contributed by atoms with E-state index in [0.717, 1.165) is 62.6 Å². The topological polar surface area (TPSA) is 68.3 Å². The fourth-order valence-corrected chi connectivity index (χ4v) is 5.22. The van der Waals surface area contributed by atoms with E-state index < -0.39 is 0 Å². The average Bonchev–Trinajstić information content (AvgIpc) is 3.25. The van der Waals surface area contributed by atoms with Gasteiger partial charge in [-0.25, -0.2) is 9.78 Å². The van der Waals surface area contributed by atoms with Crippen molar-refractivity contribution in [2.45, 2.75) is 31.2 Å². The van der Waals surface area contributed by atoms with Crippen LogP contribution in [0.5, 0.6) is 0 Å². The van der Waals surface area contributed by atoms with Crippen LogP contribution in [0.1, 0.15) is 18.4 Å². The third kappa shape index (κ3) is 5.59. The van der Waals surface area contributed by atoms with Crippen molar-refractivity contribution in [2.24, 2.45) is 14.1 Å². The Morgan fingerprint density at radius 1 is 0.879 bits per heavy atom. The molecule has 8 nitrogen and oxygen atoms in total. The minimum Gasteiger partial charge on any atom is -0.325 e. The summed E-state index contributed by atoms with van der Waals surface area (Å²) >= 11 is 1.95. The molecule has 1 aliphatic heterocycles. The van der Waals surface area contributed by atoms with E-state index in [-0.39, 0.29) is 11.2 Å². The maximum atomic E-state index is 12.6. The first kappa shape index (κ1) is 23.8. The molecule has 178 valence electrons. The summed E-state index contributed by atoms with van der Waals surface area (Å²) < 4.78 is 4.48. The molecule has 0 N–H and O–H groups in total. The minimum absolute atomic E-state index is 0.278. The summed E-state index contributed by atoms with van der Waals surface area (Å²) in [5.41, 5.74) is 1.65. The van der Waals surface area contributed by atoms with Crippen LogP contribution in [-0.4, -0.2) is 73.5 Å². The quantitative estimate of drug-likeness (QED) is 0.352. The van der Waals surface area contributed by atoms with Crippen molar-refractivity contribution in [3.05, 3.63) is 57.0 Å². The zero-order chi connectivity index (χ0) is 23.4. The number of thioether (sulfide) groups is 1. The molecule has 0 saturated carbocycles. The third-order valence-corrected chi connectivity index (χ3v) is 7.56. The predicted molar refractivity (Wildman–Crippen MR) is 134 cm³/mol. The highest BCUT2D eigenvalue weighted by Crippen LogP contribution is 2.19. The Bertz CT molecular complexity index is 1190. The first-order chi connectivity index (χ1) is 15.9. The zero-order valence-corrected chi connectivity index (χ0v) is 20.7. The second-order valence-electron chi connectivity index (χ2n) is 8.87. The number of aryl methyl sites for hydroxylation is 3.